The summed E-state index contributed by atoms with van der Waals surface area (Å²) in [5.41, 5.74) is 1.57. The number of hydrogen-bond donors (Lipinski definition) is 3. The number of anilines is 1. The lowest BCUT2D eigenvalue weighted by Crippen LogP contribution is -2.34. The van der Waals surface area contributed by atoms with Gasteiger partial charge in [-0.2, -0.15) is 0 Å². The summed E-state index contributed by atoms with van der Waals surface area (Å²) in [5, 5.41) is 8.61. The first-order valence-electron chi connectivity index (χ1n) is 9.42. The molecule has 0 radical (unpaired) electrons. The van der Waals surface area contributed by atoms with Crippen molar-refractivity contribution in [3.63, 3.8) is 0 Å². The third kappa shape index (κ3) is 6.13. The minimum Gasteiger partial charge on any atom is -0.496 e. The second-order valence-electron chi connectivity index (χ2n) is 6.68. The van der Waals surface area contributed by atoms with Crippen LogP contribution in [0.5, 0.6) is 5.75 Å². The van der Waals surface area contributed by atoms with Crippen LogP contribution in [-0.2, 0) is 4.74 Å². The topological polar surface area (TPSA) is 88.7 Å². The zero-order valence-corrected chi connectivity index (χ0v) is 19.3. The van der Waals surface area contributed by atoms with E-state index in [-0.39, 0.29) is 23.0 Å². The second-order valence-corrected chi connectivity index (χ2v) is 8.25. The highest BCUT2D eigenvalue weighted by molar-refractivity contribution is 14.1. The molecule has 0 aromatic heterocycles. The van der Waals surface area contributed by atoms with Gasteiger partial charge in [0.1, 0.15) is 5.75 Å². The number of methoxy groups -OCH3 is 1. The summed E-state index contributed by atoms with van der Waals surface area (Å²) < 4.78 is 11.5. The van der Waals surface area contributed by atoms with Gasteiger partial charge in [-0.15, -0.1) is 0 Å². The largest absolute Gasteiger partial charge is 0.496 e. The van der Waals surface area contributed by atoms with Crippen LogP contribution < -0.4 is 20.7 Å². The van der Waals surface area contributed by atoms with E-state index in [1.807, 2.05) is 0 Å². The van der Waals surface area contributed by atoms with E-state index >= 15 is 0 Å². The van der Waals surface area contributed by atoms with Gasteiger partial charge in [0.15, 0.2) is 5.11 Å². The zero-order chi connectivity index (χ0) is 21.5. The standard InChI is InChI=1S/C21H22IN3O4S/c1-28-18-8-7-14(11-17(18)22)20(27)25-21(30)24-15-5-2-4-13(10-15)19(26)23-12-16-6-3-9-29-16/h2,4-5,7-8,10-11,16H,3,6,9,12H2,1H3,(H,23,26)(H2,24,25,27,30). The smallest absolute Gasteiger partial charge is 0.257 e. The number of halogens is 1. The van der Waals surface area contributed by atoms with Crippen molar-refractivity contribution in [1.29, 1.82) is 0 Å². The van der Waals surface area contributed by atoms with Crippen molar-refractivity contribution in [1.82, 2.24) is 10.6 Å². The SMILES string of the molecule is COc1ccc(C(=O)NC(=S)Nc2cccc(C(=O)NCC3CCCO3)c2)cc1I. The van der Waals surface area contributed by atoms with E-state index in [0.29, 0.717) is 29.1 Å². The van der Waals surface area contributed by atoms with Crippen molar-refractivity contribution >= 4 is 57.4 Å². The Morgan fingerprint density at radius 3 is 2.70 bits per heavy atom. The summed E-state index contributed by atoms with van der Waals surface area (Å²) in [6.45, 7) is 1.24. The van der Waals surface area contributed by atoms with Gasteiger partial charge in [-0.05, 0) is 84.0 Å². The van der Waals surface area contributed by atoms with Gasteiger partial charge in [0.2, 0.25) is 0 Å². The first kappa shape index (κ1) is 22.4. The van der Waals surface area contributed by atoms with Gasteiger partial charge in [-0.3, -0.25) is 14.9 Å². The lowest BCUT2D eigenvalue weighted by molar-refractivity contribution is 0.0857. The maximum atomic E-state index is 12.4. The van der Waals surface area contributed by atoms with E-state index in [0.717, 1.165) is 23.0 Å². The van der Waals surface area contributed by atoms with E-state index in [1.165, 1.54) is 0 Å². The van der Waals surface area contributed by atoms with E-state index < -0.39 is 0 Å². The number of carbonyl (C=O) groups is 2. The molecule has 1 aliphatic rings. The minimum absolute atomic E-state index is 0.0825. The molecule has 2 aromatic carbocycles. The Bertz CT molecular complexity index is 948. The first-order chi connectivity index (χ1) is 14.5. The maximum Gasteiger partial charge on any atom is 0.257 e. The van der Waals surface area contributed by atoms with Crippen LogP contribution in [0.4, 0.5) is 5.69 Å². The van der Waals surface area contributed by atoms with Gasteiger partial charge in [0, 0.05) is 30.0 Å². The molecule has 1 fully saturated rings. The molecule has 0 bridgehead atoms. The Morgan fingerprint density at radius 1 is 1.20 bits per heavy atom. The van der Waals surface area contributed by atoms with Crippen LogP contribution in [-0.4, -0.2) is 43.3 Å². The third-order valence-corrected chi connectivity index (χ3v) is 5.59. The molecular formula is C21H22IN3O4S. The van der Waals surface area contributed by atoms with Crippen molar-refractivity contribution in [2.75, 3.05) is 25.6 Å². The minimum atomic E-state index is -0.335. The Labute approximate surface area is 194 Å². The predicted molar refractivity (Wildman–Crippen MR) is 127 cm³/mol. The average Bonchev–Trinajstić information content (AvgIpc) is 3.25. The molecule has 0 aliphatic carbocycles. The van der Waals surface area contributed by atoms with Crippen molar-refractivity contribution in [3.05, 3.63) is 57.2 Å². The Balaban J connectivity index is 1.55. The van der Waals surface area contributed by atoms with E-state index in [4.69, 9.17) is 21.7 Å². The summed E-state index contributed by atoms with van der Waals surface area (Å²) in [5.74, 6) is 0.179. The number of carbonyl (C=O) groups excluding carboxylic acids is 2. The van der Waals surface area contributed by atoms with Crippen LogP contribution in [0.3, 0.4) is 0 Å². The molecule has 2 aromatic rings. The van der Waals surface area contributed by atoms with E-state index in [9.17, 15) is 9.59 Å². The predicted octanol–water partition coefficient (Wildman–Crippen LogP) is 3.34. The number of hydrogen-bond acceptors (Lipinski definition) is 5. The first-order valence-corrected chi connectivity index (χ1v) is 10.9. The van der Waals surface area contributed by atoms with Crippen LogP contribution in [0.25, 0.3) is 0 Å². The molecule has 1 atom stereocenters. The molecular weight excluding hydrogens is 517 g/mol. The van der Waals surface area contributed by atoms with E-state index in [2.05, 4.69) is 38.5 Å². The Kier molecular flexibility index (Phi) is 8.00. The lowest BCUT2D eigenvalue weighted by Gasteiger charge is -2.13. The number of thiocarbonyl (C=S) groups is 1. The van der Waals surface area contributed by atoms with Gasteiger partial charge in [-0.25, -0.2) is 0 Å². The molecule has 1 unspecified atom stereocenters. The summed E-state index contributed by atoms with van der Waals surface area (Å²) >= 11 is 7.34. The molecule has 3 rings (SSSR count). The lowest BCUT2D eigenvalue weighted by atomic mass is 10.1. The van der Waals surface area contributed by atoms with Gasteiger partial charge in [-0.1, -0.05) is 6.07 Å². The summed E-state index contributed by atoms with van der Waals surface area (Å²) in [7, 11) is 1.58. The summed E-state index contributed by atoms with van der Waals surface area (Å²) in [4.78, 5) is 24.8. The summed E-state index contributed by atoms with van der Waals surface area (Å²) in [6.07, 6.45) is 2.07. The van der Waals surface area contributed by atoms with Gasteiger partial charge >= 0.3 is 0 Å². The quantitative estimate of drug-likeness (QED) is 0.386. The van der Waals surface area contributed by atoms with Crippen LogP contribution in [0.1, 0.15) is 33.6 Å². The number of rotatable bonds is 6. The molecule has 30 heavy (non-hydrogen) atoms. The number of amides is 2. The Hall–Kier alpha value is -2.24. The zero-order valence-electron chi connectivity index (χ0n) is 16.4. The number of nitrogens with one attached hydrogen (secondary N) is 3. The average molecular weight is 539 g/mol. The van der Waals surface area contributed by atoms with Gasteiger partial charge in [0.05, 0.1) is 16.8 Å². The van der Waals surface area contributed by atoms with Crippen LogP contribution in [0, 0.1) is 3.57 Å². The normalized spacial score (nSPS) is 15.3. The number of ether oxygens (including phenoxy) is 2. The number of benzene rings is 2. The fourth-order valence-corrected chi connectivity index (χ4v) is 3.94. The highest BCUT2D eigenvalue weighted by Crippen LogP contribution is 2.21. The molecule has 1 heterocycles. The van der Waals surface area contributed by atoms with Crippen LogP contribution in [0.15, 0.2) is 42.5 Å². The third-order valence-electron chi connectivity index (χ3n) is 4.54. The molecule has 3 N–H and O–H groups in total. The van der Waals surface area contributed by atoms with Crippen molar-refractivity contribution < 1.29 is 19.1 Å². The van der Waals surface area contributed by atoms with Gasteiger partial charge < -0.3 is 20.1 Å². The molecule has 7 nitrogen and oxygen atoms in total. The van der Waals surface area contributed by atoms with Crippen molar-refractivity contribution in [2.24, 2.45) is 0 Å². The molecule has 1 aliphatic heterocycles. The maximum absolute atomic E-state index is 12.4. The monoisotopic (exact) mass is 539 g/mol. The summed E-state index contributed by atoms with van der Waals surface area (Å²) in [6, 6.07) is 12.0. The molecule has 2 amide bonds. The van der Waals surface area contributed by atoms with Crippen LogP contribution in [0.2, 0.25) is 0 Å². The Morgan fingerprint density at radius 2 is 2.00 bits per heavy atom. The van der Waals surface area contributed by atoms with Crippen molar-refractivity contribution in [3.8, 4) is 5.75 Å². The molecule has 158 valence electrons. The molecule has 1 saturated heterocycles. The van der Waals surface area contributed by atoms with Crippen molar-refractivity contribution in [2.45, 2.75) is 18.9 Å². The molecule has 9 heteroatoms. The fraction of sp³-hybridized carbons (Fsp3) is 0.286. The van der Waals surface area contributed by atoms with Gasteiger partial charge in [0.25, 0.3) is 11.8 Å². The molecule has 0 spiro atoms. The highest BCUT2D eigenvalue weighted by Gasteiger charge is 2.17. The highest BCUT2D eigenvalue weighted by atomic mass is 127. The second kappa shape index (κ2) is 10.7. The van der Waals surface area contributed by atoms with Crippen LogP contribution >= 0.6 is 34.8 Å². The van der Waals surface area contributed by atoms with E-state index in [1.54, 1.807) is 49.6 Å². The fourth-order valence-electron chi connectivity index (χ4n) is 3.00. The molecule has 0 saturated carbocycles.